The van der Waals surface area contributed by atoms with Crippen LogP contribution in [-0.2, 0) is 19.6 Å². The first-order chi connectivity index (χ1) is 14.0. The smallest absolute Gasteiger partial charge is 0.191 e. The fourth-order valence-electron chi connectivity index (χ4n) is 2.95. The molecule has 0 unspecified atom stereocenters. The predicted molar refractivity (Wildman–Crippen MR) is 134 cm³/mol. The van der Waals surface area contributed by atoms with Gasteiger partial charge in [-0.3, -0.25) is 0 Å². The Kier molecular flexibility index (Phi) is 12.4. The van der Waals surface area contributed by atoms with Crippen LogP contribution in [0.4, 0.5) is 0 Å². The molecule has 0 spiro atoms. The molecule has 7 nitrogen and oxygen atoms in total. The van der Waals surface area contributed by atoms with Gasteiger partial charge in [-0.15, -0.1) is 34.2 Å². The monoisotopic (exact) mass is 528 g/mol. The summed E-state index contributed by atoms with van der Waals surface area (Å²) in [5.74, 6) is 3.28. The first-order valence-corrected chi connectivity index (χ1v) is 10.6. The number of aromatic nitrogens is 3. The summed E-state index contributed by atoms with van der Waals surface area (Å²) < 4.78 is 8.09. The minimum absolute atomic E-state index is 0. The molecule has 2 aromatic rings. The summed E-state index contributed by atoms with van der Waals surface area (Å²) >= 11 is 0. The number of nitrogens with zero attached hydrogens (tertiary/aromatic N) is 4. The number of rotatable bonds is 11. The normalized spacial score (nSPS) is 11.3. The summed E-state index contributed by atoms with van der Waals surface area (Å²) in [5.41, 5.74) is 2.29. The van der Waals surface area contributed by atoms with Crippen molar-refractivity contribution < 1.29 is 4.74 Å². The molecule has 168 valence electrons. The van der Waals surface area contributed by atoms with Crippen molar-refractivity contribution in [3.8, 4) is 5.75 Å². The van der Waals surface area contributed by atoms with Gasteiger partial charge < -0.3 is 19.9 Å². The van der Waals surface area contributed by atoms with E-state index in [0.29, 0.717) is 19.0 Å². The minimum Gasteiger partial charge on any atom is -0.493 e. The molecule has 2 rings (SSSR count). The topological polar surface area (TPSA) is 76.4 Å². The summed E-state index contributed by atoms with van der Waals surface area (Å²) in [6.07, 6.45) is 3.99. The number of aliphatic imine (C=N–C) groups is 1. The molecule has 1 heterocycles. The number of halogens is 1. The molecule has 2 N–H and O–H groups in total. The van der Waals surface area contributed by atoms with Gasteiger partial charge >= 0.3 is 0 Å². The van der Waals surface area contributed by atoms with Crippen molar-refractivity contribution in [2.24, 2.45) is 10.9 Å². The van der Waals surface area contributed by atoms with E-state index in [0.717, 1.165) is 49.2 Å². The number of hydrogen-bond acceptors (Lipinski definition) is 4. The molecule has 0 aliphatic carbocycles. The second kappa shape index (κ2) is 14.2. The maximum atomic E-state index is 6.08. The summed E-state index contributed by atoms with van der Waals surface area (Å²) in [4.78, 5) is 4.74. The number of ether oxygens (including phenoxy) is 1. The molecule has 30 heavy (non-hydrogen) atoms. The molecular weight excluding hydrogens is 491 g/mol. The fourth-order valence-corrected chi connectivity index (χ4v) is 2.95. The summed E-state index contributed by atoms with van der Waals surface area (Å²) in [5, 5.41) is 14.8. The van der Waals surface area contributed by atoms with Gasteiger partial charge in [-0.1, -0.05) is 26.0 Å². The van der Waals surface area contributed by atoms with Crippen LogP contribution in [0.2, 0.25) is 0 Å². The number of benzene rings is 1. The molecule has 0 bridgehead atoms. The van der Waals surface area contributed by atoms with Gasteiger partial charge in [0.25, 0.3) is 0 Å². The quantitative estimate of drug-likeness (QED) is 0.197. The van der Waals surface area contributed by atoms with E-state index in [9.17, 15) is 0 Å². The summed E-state index contributed by atoms with van der Waals surface area (Å²) in [7, 11) is 0. The molecule has 0 saturated carbocycles. The second-order valence-electron chi connectivity index (χ2n) is 7.58. The van der Waals surface area contributed by atoms with Crippen LogP contribution in [0, 0.1) is 12.8 Å². The van der Waals surface area contributed by atoms with Gasteiger partial charge in [-0.2, -0.15) is 0 Å². The first-order valence-electron chi connectivity index (χ1n) is 10.6. The fraction of sp³-hybridized carbons (Fsp3) is 0.591. The molecule has 0 radical (unpaired) electrons. The van der Waals surface area contributed by atoms with E-state index < -0.39 is 0 Å². The number of aryl methyl sites for hydroxylation is 2. The third-order valence-electron chi connectivity index (χ3n) is 4.61. The molecule has 1 aromatic heterocycles. The van der Waals surface area contributed by atoms with Crippen LogP contribution in [0.3, 0.4) is 0 Å². The van der Waals surface area contributed by atoms with Gasteiger partial charge in [0.15, 0.2) is 11.8 Å². The predicted octanol–water partition coefficient (Wildman–Crippen LogP) is 4.29. The SMILES string of the molecule is CCNC(=NCc1ccc(C)cc1OCCCC(C)C)NCc1nncn1CC.I. The Morgan fingerprint density at radius 3 is 2.73 bits per heavy atom. The molecule has 0 fully saturated rings. The Labute approximate surface area is 198 Å². The highest BCUT2D eigenvalue weighted by atomic mass is 127. The minimum atomic E-state index is 0. The van der Waals surface area contributed by atoms with Crippen molar-refractivity contribution in [2.75, 3.05) is 13.2 Å². The average molecular weight is 528 g/mol. The lowest BCUT2D eigenvalue weighted by atomic mass is 10.1. The van der Waals surface area contributed by atoms with Gasteiger partial charge in [0, 0.05) is 18.7 Å². The van der Waals surface area contributed by atoms with E-state index >= 15 is 0 Å². The Balaban J connectivity index is 0.00000450. The summed E-state index contributed by atoms with van der Waals surface area (Å²) in [6, 6.07) is 6.31. The van der Waals surface area contributed by atoms with Crippen molar-refractivity contribution in [3.05, 3.63) is 41.5 Å². The largest absolute Gasteiger partial charge is 0.493 e. The van der Waals surface area contributed by atoms with Gasteiger partial charge in [-0.05, 0) is 51.2 Å². The third kappa shape index (κ3) is 8.89. The van der Waals surface area contributed by atoms with E-state index in [1.165, 1.54) is 12.0 Å². The van der Waals surface area contributed by atoms with Gasteiger partial charge in [-0.25, -0.2) is 4.99 Å². The maximum Gasteiger partial charge on any atom is 0.191 e. The lowest BCUT2D eigenvalue weighted by molar-refractivity contribution is 0.295. The van der Waals surface area contributed by atoms with Crippen LogP contribution >= 0.6 is 24.0 Å². The highest BCUT2D eigenvalue weighted by molar-refractivity contribution is 14.0. The number of nitrogens with one attached hydrogen (secondary N) is 2. The van der Waals surface area contributed by atoms with Crippen LogP contribution in [0.5, 0.6) is 5.75 Å². The van der Waals surface area contributed by atoms with E-state index in [1.807, 2.05) is 4.57 Å². The van der Waals surface area contributed by atoms with Crippen LogP contribution in [-0.4, -0.2) is 33.9 Å². The zero-order chi connectivity index (χ0) is 21.1. The molecular formula is C22H37IN6O. The Morgan fingerprint density at radius 2 is 2.03 bits per heavy atom. The Morgan fingerprint density at radius 1 is 1.23 bits per heavy atom. The van der Waals surface area contributed by atoms with Crippen molar-refractivity contribution in [3.63, 3.8) is 0 Å². The highest BCUT2D eigenvalue weighted by Gasteiger charge is 2.07. The molecule has 1 aromatic carbocycles. The zero-order valence-electron chi connectivity index (χ0n) is 18.9. The number of hydrogen-bond donors (Lipinski definition) is 2. The van der Waals surface area contributed by atoms with Crippen molar-refractivity contribution >= 4 is 29.9 Å². The van der Waals surface area contributed by atoms with Crippen molar-refractivity contribution in [2.45, 2.75) is 67.1 Å². The van der Waals surface area contributed by atoms with Crippen molar-refractivity contribution in [1.82, 2.24) is 25.4 Å². The molecule has 8 heteroatoms. The molecule has 0 aliphatic rings. The standard InChI is InChI=1S/C22H36N6O.HI/c1-6-23-22(25-15-21-27-26-16-28(21)7-2)24-14-19-11-10-18(5)13-20(19)29-12-8-9-17(3)4;/h10-11,13,16-17H,6-9,12,14-15H2,1-5H3,(H2,23,24,25);1H. The van der Waals surface area contributed by atoms with Gasteiger partial charge in [0.05, 0.1) is 19.7 Å². The van der Waals surface area contributed by atoms with Crippen LogP contribution < -0.4 is 15.4 Å². The highest BCUT2D eigenvalue weighted by Crippen LogP contribution is 2.22. The van der Waals surface area contributed by atoms with Crippen LogP contribution in [0.1, 0.15) is 57.5 Å². The average Bonchev–Trinajstić information content (AvgIpc) is 3.16. The lowest BCUT2D eigenvalue weighted by Crippen LogP contribution is -2.37. The van der Waals surface area contributed by atoms with Crippen LogP contribution in [0.15, 0.2) is 29.5 Å². The van der Waals surface area contributed by atoms with E-state index in [1.54, 1.807) is 6.33 Å². The molecule has 0 amide bonds. The van der Waals surface area contributed by atoms with E-state index in [-0.39, 0.29) is 24.0 Å². The maximum absolute atomic E-state index is 6.08. The van der Waals surface area contributed by atoms with Gasteiger partial charge in [0.2, 0.25) is 0 Å². The first kappa shape index (κ1) is 26.2. The zero-order valence-corrected chi connectivity index (χ0v) is 21.3. The van der Waals surface area contributed by atoms with E-state index in [4.69, 9.17) is 9.73 Å². The molecule has 0 atom stereocenters. The Bertz CT molecular complexity index is 775. The molecule has 0 aliphatic heterocycles. The summed E-state index contributed by atoms with van der Waals surface area (Å²) in [6.45, 7) is 14.2. The lowest BCUT2D eigenvalue weighted by Gasteiger charge is -2.14. The van der Waals surface area contributed by atoms with Crippen LogP contribution in [0.25, 0.3) is 0 Å². The Hall–Kier alpha value is -1.84. The second-order valence-corrected chi connectivity index (χ2v) is 7.58. The third-order valence-corrected chi connectivity index (χ3v) is 4.61. The number of guanidine groups is 1. The van der Waals surface area contributed by atoms with E-state index in [2.05, 4.69) is 73.6 Å². The van der Waals surface area contributed by atoms with Crippen molar-refractivity contribution in [1.29, 1.82) is 0 Å². The van der Waals surface area contributed by atoms with Gasteiger partial charge in [0.1, 0.15) is 12.1 Å². The molecule has 0 saturated heterocycles.